The Bertz CT molecular complexity index is 224. The van der Waals surface area contributed by atoms with Crippen LogP contribution in [0.5, 0.6) is 0 Å². The SMILES string of the molecule is NC(CO)Cc1ccc(Cl)o1. The van der Waals surface area contributed by atoms with Gasteiger partial charge in [-0.05, 0) is 23.7 Å². The van der Waals surface area contributed by atoms with Crippen LogP contribution in [0.2, 0.25) is 5.22 Å². The summed E-state index contributed by atoms with van der Waals surface area (Å²) in [6.07, 6.45) is 0.517. The van der Waals surface area contributed by atoms with Crippen LogP contribution in [0, 0.1) is 0 Å². The molecule has 3 nitrogen and oxygen atoms in total. The van der Waals surface area contributed by atoms with Gasteiger partial charge in [-0.2, -0.15) is 0 Å². The lowest BCUT2D eigenvalue weighted by Gasteiger charge is -2.03. The molecule has 4 heteroatoms. The average molecular weight is 176 g/mol. The van der Waals surface area contributed by atoms with Crippen molar-refractivity contribution >= 4 is 11.6 Å². The van der Waals surface area contributed by atoms with Crippen molar-refractivity contribution in [1.82, 2.24) is 0 Å². The highest BCUT2D eigenvalue weighted by Crippen LogP contribution is 2.13. The van der Waals surface area contributed by atoms with E-state index < -0.39 is 0 Å². The second-order valence-electron chi connectivity index (χ2n) is 2.35. The fourth-order valence-corrected chi connectivity index (χ4v) is 0.947. The summed E-state index contributed by atoms with van der Waals surface area (Å²) in [4.78, 5) is 0. The molecule has 0 amide bonds. The number of aliphatic hydroxyl groups is 1. The summed E-state index contributed by atoms with van der Waals surface area (Å²) in [5, 5.41) is 8.96. The van der Waals surface area contributed by atoms with Crippen molar-refractivity contribution in [2.75, 3.05) is 6.61 Å². The van der Waals surface area contributed by atoms with E-state index >= 15 is 0 Å². The molecular formula is C7H10ClNO2. The lowest BCUT2D eigenvalue weighted by molar-refractivity contribution is 0.260. The van der Waals surface area contributed by atoms with Gasteiger partial charge in [0.05, 0.1) is 6.61 Å². The molecule has 0 fully saturated rings. The van der Waals surface area contributed by atoms with Crippen LogP contribution >= 0.6 is 11.6 Å². The maximum atomic E-state index is 8.60. The molecule has 62 valence electrons. The number of hydrogen-bond donors (Lipinski definition) is 2. The van der Waals surface area contributed by atoms with E-state index in [9.17, 15) is 0 Å². The molecule has 0 radical (unpaired) electrons. The van der Waals surface area contributed by atoms with E-state index in [1.54, 1.807) is 12.1 Å². The van der Waals surface area contributed by atoms with Gasteiger partial charge in [0.2, 0.25) is 0 Å². The maximum absolute atomic E-state index is 8.60. The van der Waals surface area contributed by atoms with Crippen LogP contribution in [-0.2, 0) is 6.42 Å². The predicted octanol–water partition coefficient (Wildman–Crippen LogP) is 0.795. The van der Waals surface area contributed by atoms with Crippen LogP contribution in [0.1, 0.15) is 5.76 Å². The highest BCUT2D eigenvalue weighted by atomic mass is 35.5. The van der Waals surface area contributed by atoms with Crippen LogP contribution in [-0.4, -0.2) is 17.8 Å². The van der Waals surface area contributed by atoms with Crippen molar-refractivity contribution in [2.45, 2.75) is 12.5 Å². The molecule has 1 atom stereocenters. The third kappa shape index (κ3) is 2.54. The van der Waals surface area contributed by atoms with Crippen molar-refractivity contribution < 1.29 is 9.52 Å². The van der Waals surface area contributed by atoms with E-state index in [1.807, 2.05) is 0 Å². The number of nitrogens with two attached hydrogens (primary N) is 1. The Morgan fingerprint density at radius 1 is 1.64 bits per heavy atom. The van der Waals surface area contributed by atoms with E-state index in [0.29, 0.717) is 17.4 Å². The molecular weight excluding hydrogens is 166 g/mol. The minimum absolute atomic E-state index is 0.0433. The zero-order valence-corrected chi connectivity index (χ0v) is 6.71. The van der Waals surface area contributed by atoms with E-state index in [4.69, 9.17) is 26.9 Å². The Kier molecular flexibility index (Phi) is 2.93. The summed E-state index contributed by atoms with van der Waals surface area (Å²) in [6.45, 7) is -0.0433. The molecule has 0 aliphatic carbocycles. The lowest BCUT2D eigenvalue weighted by atomic mass is 10.2. The number of rotatable bonds is 3. The summed E-state index contributed by atoms with van der Waals surface area (Å²) < 4.78 is 5.03. The van der Waals surface area contributed by atoms with Crippen molar-refractivity contribution in [1.29, 1.82) is 0 Å². The second kappa shape index (κ2) is 3.76. The molecule has 11 heavy (non-hydrogen) atoms. The molecule has 0 aliphatic heterocycles. The first kappa shape index (κ1) is 8.59. The molecule has 3 N–H and O–H groups in total. The van der Waals surface area contributed by atoms with Gasteiger partial charge in [-0.15, -0.1) is 0 Å². The zero-order chi connectivity index (χ0) is 8.27. The summed E-state index contributed by atoms with van der Waals surface area (Å²) >= 11 is 5.52. The van der Waals surface area contributed by atoms with Crippen molar-refractivity contribution in [3.63, 3.8) is 0 Å². The van der Waals surface area contributed by atoms with Gasteiger partial charge in [0, 0.05) is 12.5 Å². The van der Waals surface area contributed by atoms with E-state index in [1.165, 1.54) is 0 Å². The van der Waals surface area contributed by atoms with Gasteiger partial charge in [-0.3, -0.25) is 0 Å². The van der Waals surface area contributed by atoms with Crippen LogP contribution in [0.4, 0.5) is 0 Å². The highest BCUT2D eigenvalue weighted by molar-refractivity contribution is 6.28. The fraction of sp³-hybridized carbons (Fsp3) is 0.429. The molecule has 0 spiro atoms. The monoisotopic (exact) mass is 175 g/mol. The largest absolute Gasteiger partial charge is 0.450 e. The molecule has 0 aromatic carbocycles. The van der Waals surface area contributed by atoms with Crippen LogP contribution < -0.4 is 5.73 Å². The Morgan fingerprint density at radius 3 is 2.82 bits per heavy atom. The minimum atomic E-state index is -0.266. The second-order valence-corrected chi connectivity index (χ2v) is 2.73. The van der Waals surface area contributed by atoms with Gasteiger partial charge in [0.25, 0.3) is 0 Å². The van der Waals surface area contributed by atoms with Crippen molar-refractivity contribution in [3.8, 4) is 0 Å². The first-order chi connectivity index (χ1) is 5.22. The van der Waals surface area contributed by atoms with Gasteiger partial charge < -0.3 is 15.3 Å². The molecule has 1 unspecified atom stereocenters. The lowest BCUT2D eigenvalue weighted by Crippen LogP contribution is -2.26. The topological polar surface area (TPSA) is 59.4 Å². The fourth-order valence-electron chi connectivity index (χ4n) is 0.784. The Balaban J connectivity index is 2.50. The Hall–Kier alpha value is -0.510. The third-order valence-corrected chi connectivity index (χ3v) is 1.53. The summed E-state index contributed by atoms with van der Waals surface area (Å²) in [5.74, 6) is 0.705. The Morgan fingerprint density at radius 2 is 2.36 bits per heavy atom. The van der Waals surface area contributed by atoms with E-state index in [0.717, 1.165) is 0 Å². The predicted molar refractivity (Wildman–Crippen MR) is 42.5 cm³/mol. The van der Waals surface area contributed by atoms with Crippen LogP contribution in [0.3, 0.4) is 0 Å². The standard InChI is InChI=1S/C7H10ClNO2/c8-7-2-1-6(11-7)3-5(9)4-10/h1-2,5,10H,3-4,9H2. The number of halogens is 1. The van der Waals surface area contributed by atoms with Crippen molar-refractivity contribution in [2.24, 2.45) is 5.73 Å². The van der Waals surface area contributed by atoms with E-state index in [2.05, 4.69) is 0 Å². The smallest absolute Gasteiger partial charge is 0.193 e. The quantitative estimate of drug-likeness (QED) is 0.715. The first-order valence-electron chi connectivity index (χ1n) is 3.33. The minimum Gasteiger partial charge on any atom is -0.450 e. The molecule has 0 saturated heterocycles. The van der Waals surface area contributed by atoms with Crippen molar-refractivity contribution in [3.05, 3.63) is 23.1 Å². The number of aliphatic hydroxyl groups excluding tert-OH is 1. The normalized spacial score (nSPS) is 13.4. The average Bonchev–Trinajstić information content (AvgIpc) is 2.35. The zero-order valence-electron chi connectivity index (χ0n) is 5.96. The summed E-state index contributed by atoms with van der Waals surface area (Å²) in [7, 11) is 0. The number of hydrogen-bond acceptors (Lipinski definition) is 3. The molecule has 1 heterocycles. The molecule has 1 aromatic heterocycles. The summed E-state index contributed by atoms with van der Waals surface area (Å²) in [5.41, 5.74) is 5.46. The summed E-state index contributed by atoms with van der Waals surface area (Å²) in [6, 6.07) is 3.14. The highest BCUT2D eigenvalue weighted by Gasteiger charge is 2.05. The van der Waals surface area contributed by atoms with Gasteiger partial charge in [0.15, 0.2) is 5.22 Å². The molecule has 0 aliphatic rings. The van der Waals surface area contributed by atoms with Gasteiger partial charge >= 0.3 is 0 Å². The van der Waals surface area contributed by atoms with Gasteiger partial charge in [-0.25, -0.2) is 0 Å². The first-order valence-corrected chi connectivity index (χ1v) is 3.71. The molecule has 1 rings (SSSR count). The Labute approximate surface area is 69.8 Å². The molecule has 0 saturated carbocycles. The van der Waals surface area contributed by atoms with Gasteiger partial charge in [0.1, 0.15) is 5.76 Å². The molecule has 0 bridgehead atoms. The number of furan rings is 1. The third-order valence-electron chi connectivity index (χ3n) is 1.33. The van der Waals surface area contributed by atoms with Crippen LogP contribution in [0.25, 0.3) is 0 Å². The maximum Gasteiger partial charge on any atom is 0.193 e. The van der Waals surface area contributed by atoms with Gasteiger partial charge in [-0.1, -0.05) is 0 Å². The van der Waals surface area contributed by atoms with E-state index in [-0.39, 0.29) is 12.6 Å². The molecule has 1 aromatic rings. The van der Waals surface area contributed by atoms with Crippen LogP contribution in [0.15, 0.2) is 16.5 Å².